The van der Waals surface area contributed by atoms with Gasteiger partial charge in [-0.25, -0.2) is 9.48 Å². The van der Waals surface area contributed by atoms with Crippen LogP contribution in [0.15, 0.2) is 30.5 Å². The maximum absolute atomic E-state index is 11.5. The Balaban J connectivity index is 2.41. The van der Waals surface area contributed by atoms with Crippen LogP contribution in [0.1, 0.15) is 21.6 Å². The van der Waals surface area contributed by atoms with Crippen molar-refractivity contribution < 1.29 is 9.53 Å². The SMILES string of the molecule is COC(=O)c1cn(-c2ccc(C)cc2)nc1C. The lowest BCUT2D eigenvalue weighted by Gasteiger charge is -2.00. The Kier molecular flexibility index (Phi) is 2.95. The molecule has 0 saturated heterocycles. The Morgan fingerprint density at radius 1 is 1.24 bits per heavy atom. The number of esters is 1. The van der Waals surface area contributed by atoms with Crippen molar-refractivity contribution in [1.29, 1.82) is 0 Å². The number of methoxy groups -OCH3 is 1. The standard InChI is InChI=1S/C13H14N2O2/c1-9-4-6-11(7-5-9)15-8-12(10(2)14-15)13(16)17-3/h4-8H,1-3H3. The van der Waals surface area contributed by atoms with E-state index in [1.54, 1.807) is 17.8 Å². The summed E-state index contributed by atoms with van der Waals surface area (Å²) in [5, 5.41) is 4.30. The molecule has 0 spiro atoms. The van der Waals surface area contributed by atoms with E-state index >= 15 is 0 Å². The van der Waals surface area contributed by atoms with Crippen LogP contribution >= 0.6 is 0 Å². The lowest BCUT2D eigenvalue weighted by Crippen LogP contribution is -2.01. The molecular weight excluding hydrogens is 216 g/mol. The second-order valence-electron chi connectivity index (χ2n) is 3.90. The lowest BCUT2D eigenvalue weighted by molar-refractivity contribution is 0.0600. The van der Waals surface area contributed by atoms with Gasteiger partial charge in [0.05, 0.1) is 18.5 Å². The van der Waals surface area contributed by atoms with Gasteiger partial charge in [-0.2, -0.15) is 5.10 Å². The highest BCUT2D eigenvalue weighted by molar-refractivity contribution is 5.90. The van der Waals surface area contributed by atoms with Crippen molar-refractivity contribution >= 4 is 5.97 Å². The average molecular weight is 230 g/mol. The normalized spacial score (nSPS) is 10.3. The number of hydrogen-bond acceptors (Lipinski definition) is 3. The maximum Gasteiger partial charge on any atom is 0.341 e. The summed E-state index contributed by atoms with van der Waals surface area (Å²) >= 11 is 0. The molecule has 0 aliphatic heterocycles. The van der Waals surface area contributed by atoms with Gasteiger partial charge in [-0.15, -0.1) is 0 Å². The molecule has 0 radical (unpaired) electrons. The second kappa shape index (κ2) is 4.41. The topological polar surface area (TPSA) is 44.1 Å². The van der Waals surface area contributed by atoms with Crippen molar-refractivity contribution in [2.24, 2.45) is 0 Å². The number of nitrogens with zero attached hydrogens (tertiary/aromatic N) is 2. The van der Waals surface area contributed by atoms with Gasteiger partial charge in [0.1, 0.15) is 5.56 Å². The Hall–Kier alpha value is -2.10. The molecule has 0 aliphatic rings. The first kappa shape index (κ1) is 11.4. The van der Waals surface area contributed by atoms with Gasteiger partial charge in [0.2, 0.25) is 0 Å². The minimum absolute atomic E-state index is 0.360. The molecule has 88 valence electrons. The zero-order chi connectivity index (χ0) is 12.4. The number of hydrogen-bond donors (Lipinski definition) is 0. The van der Waals surface area contributed by atoms with Gasteiger partial charge < -0.3 is 4.74 Å². The van der Waals surface area contributed by atoms with Crippen LogP contribution in [-0.4, -0.2) is 22.9 Å². The number of aromatic nitrogens is 2. The molecule has 4 nitrogen and oxygen atoms in total. The number of aryl methyl sites for hydroxylation is 2. The highest BCUT2D eigenvalue weighted by Gasteiger charge is 2.13. The molecule has 0 N–H and O–H groups in total. The molecule has 0 unspecified atom stereocenters. The molecule has 4 heteroatoms. The number of carbonyl (C=O) groups is 1. The number of benzene rings is 1. The summed E-state index contributed by atoms with van der Waals surface area (Å²) in [4.78, 5) is 11.5. The lowest BCUT2D eigenvalue weighted by atomic mass is 10.2. The van der Waals surface area contributed by atoms with Crippen molar-refractivity contribution in [2.45, 2.75) is 13.8 Å². The van der Waals surface area contributed by atoms with E-state index in [-0.39, 0.29) is 5.97 Å². The monoisotopic (exact) mass is 230 g/mol. The first-order valence-corrected chi connectivity index (χ1v) is 5.33. The highest BCUT2D eigenvalue weighted by Crippen LogP contribution is 2.13. The summed E-state index contributed by atoms with van der Waals surface area (Å²) in [7, 11) is 1.37. The third-order valence-corrected chi connectivity index (χ3v) is 2.60. The number of rotatable bonds is 2. The van der Waals surface area contributed by atoms with E-state index in [9.17, 15) is 4.79 Å². The van der Waals surface area contributed by atoms with Crippen LogP contribution in [0.5, 0.6) is 0 Å². The largest absolute Gasteiger partial charge is 0.465 e. The third kappa shape index (κ3) is 2.20. The molecule has 0 saturated carbocycles. The van der Waals surface area contributed by atoms with Crippen LogP contribution in [0.3, 0.4) is 0 Å². The first-order chi connectivity index (χ1) is 8.11. The van der Waals surface area contributed by atoms with Gasteiger partial charge in [0.25, 0.3) is 0 Å². The average Bonchev–Trinajstić information content (AvgIpc) is 2.71. The van der Waals surface area contributed by atoms with E-state index in [2.05, 4.69) is 5.10 Å². The van der Waals surface area contributed by atoms with Crippen LogP contribution in [-0.2, 0) is 4.74 Å². The van der Waals surface area contributed by atoms with Crippen LogP contribution in [0.2, 0.25) is 0 Å². The molecule has 0 atom stereocenters. The Bertz CT molecular complexity index is 541. The van der Waals surface area contributed by atoms with E-state index in [0.717, 1.165) is 5.69 Å². The van der Waals surface area contributed by atoms with Gasteiger partial charge in [-0.1, -0.05) is 17.7 Å². The van der Waals surface area contributed by atoms with Crippen LogP contribution in [0.4, 0.5) is 0 Å². The number of carbonyl (C=O) groups excluding carboxylic acids is 1. The van der Waals surface area contributed by atoms with Gasteiger partial charge >= 0.3 is 5.97 Å². The molecule has 0 amide bonds. The molecule has 0 bridgehead atoms. The van der Waals surface area contributed by atoms with Crippen LogP contribution < -0.4 is 0 Å². The fourth-order valence-corrected chi connectivity index (χ4v) is 1.60. The predicted molar refractivity (Wildman–Crippen MR) is 64.4 cm³/mol. The summed E-state index contributed by atoms with van der Waals surface area (Å²) in [5.74, 6) is -0.360. The maximum atomic E-state index is 11.5. The van der Waals surface area contributed by atoms with Crippen LogP contribution in [0.25, 0.3) is 5.69 Å². The van der Waals surface area contributed by atoms with Gasteiger partial charge in [-0.3, -0.25) is 0 Å². The quantitative estimate of drug-likeness (QED) is 0.743. The zero-order valence-electron chi connectivity index (χ0n) is 10.1. The summed E-state index contributed by atoms with van der Waals surface area (Å²) in [6.07, 6.45) is 1.69. The minimum atomic E-state index is -0.360. The van der Waals surface area contributed by atoms with Gasteiger partial charge in [0, 0.05) is 6.20 Å². The van der Waals surface area contributed by atoms with Gasteiger partial charge in [0.15, 0.2) is 0 Å². The zero-order valence-corrected chi connectivity index (χ0v) is 10.1. The molecule has 0 fully saturated rings. The minimum Gasteiger partial charge on any atom is -0.465 e. The highest BCUT2D eigenvalue weighted by atomic mass is 16.5. The molecule has 2 rings (SSSR count). The molecule has 17 heavy (non-hydrogen) atoms. The van der Waals surface area contributed by atoms with E-state index in [1.807, 2.05) is 31.2 Å². The fourth-order valence-electron chi connectivity index (χ4n) is 1.60. The molecule has 2 aromatic rings. The van der Waals surface area contributed by atoms with Gasteiger partial charge in [-0.05, 0) is 26.0 Å². The third-order valence-electron chi connectivity index (χ3n) is 2.60. The molecule has 1 aromatic carbocycles. The van der Waals surface area contributed by atoms with Crippen molar-refractivity contribution in [1.82, 2.24) is 9.78 Å². The summed E-state index contributed by atoms with van der Waals surface area (Å²) in [6, 6.07) is 7.93. The molecular formula is C13H14N2O2. The van der Waals surface area contributed by atoms with Crippen molar-refractivity contribution in [2.75, 3.05) is 7.11 Å². The van der Waals surface area contributed by atoms with E-state index < -0.39 is 0 Å². The summed E-state index contributed by atoms with van der Waals surface area (Å²) < 4.78 is 6.37. The van der Waals surface area contributed by atoms with Crippen LogP contribution in [0, 0.1) is 13.8 Å². The Morgan fingerprint density at radius 3 is 2.47 bits per heavy atom. The van der Waals surface area contributed by atoms with E-state index in [0.29, 0.717) is 11.3 Å². The second-order valence-corrected chi connectivity index (χ2v) is 3.90. The molecule has 0 aliphatic carbocycles. The number of ether oxygens (including phenoxy) is 1. The summed E-state index contributed by atoms with van der Waals surface area (Å²) in [6.45, 7) is 3.81. The Morgan fingerprint density at radius 2 is 1.88 bits per heavy atom. The van der Waals surface area contributed by atoms with Crippen molar-refractivity contribution in [3.05, 3.63) is 47.3 Å². The van der Waals surface area contributed by atoms with E-state index in [4.69, 9.17) is 4.74 Å². The first-order valence-electron chi connectivity index (χ1n) is 5.33. The van der Waals surface area contributed by atoms with E-state index in [1.165, 1.54) is 12.7 Å². The summed E-state index contributed by atoms with van der Waals surface area (Å²) in [5.41, 5.74) is 3.27. The van der Waals surface area contributed by atoms with Crippen molar-refractivity contribution in [3.8, 4) is 5.69 Å². The predicted octanol–water partition coefficient (Wildman–Crippen LogP) is 2.28. The smallest absolute Gasteiger partial charge is 0.341 e. The fraction of sp³-hybridized carbons (Fsp3) is 0.231. The Labute approximate surface area is 99.8 Å². The van der Waals surface area contributed by atoms with Crippen molar-refractivity contribution in [3.63, 3.8) is 0 Å². The molecule has 1 aromatic heterocycles. The molecule has 1 heterocycles.